The van der Waals surface area contributed by atoms with E-state index in [2.05, 4.69) is 10.2 Å². The second-order valence-electron chi connectivity index (χ2n) is 4.58. The number of nitrogens with zero attached hydrogens (tertiary/aromatic N) is 3. The molecule has 1 saturated heterocycles. The van der Waals surface area contributed by atoms with Crippen LogP contribution in [0.3, 0.4) is 0 Å². The van der Waals surface area contributed by atoms with Crippen LogP contribution in [0.15, 0.2) is 34.5 Å². The molecule has 7 heteroatoms. The lowest BCUT2D eigenvalue weighted by molar-refractivity contribution is -0.122. The zero-order chi connectivity index (χ0) is 13.6. The van der Waals surface area contributed by atoms with Gasteiger partial charge in [0.15, 0.2) is 5.54 Å². The second kappa shape index (κ2) is 4.28. The van der Waals surface area contributed by atoms with Crippen LogP contribution in [-0.2, 0) is 9.59 Å². The fourth-order valence-electron chi connectivity index (χ4n) is 2.37. The van der Waals surface area contributed by atoms with Gasteiger partial charge in [0.25, 0.3) is 5.91 Å². The first-order valence-electron chi connectivity index (χ1n) is 5.71. The van der Waals surface area contributed by atoms with Crippen LogP contribution in [0.5, 0.6) is 0 Å². The lowest BCUT2D eigenvalue weighted by Gasteiger charge is -2.18. The van der Waals surface area contributed by atoms with Crippen LogP contribution < -0.4 is 4.90 Å². The van der Waals surface area contributed by atoms with Crippen LogP contribution in [0.25, 0.3) is 0 Å². The summed E-state index contributed by atoms with van der Waals surface area (Å²) in [5.41, 5.74) is -1.21. The van der Waals surface area contributed by atoms with Crippen molar-refractivity contribution in [3.05, 3.63) is 29.3 Å². The minimum atomic E-state index is -1.12. The molecule has 0 N–H and O–H groups in total. The first kappa shape index (κ1) is 12.6. The van der Waals surface area contributed by atoms with Gasteiger partial charge in [-0.05, 0) is 18.2 Å². The predicted octanol–water partition coefficient (Wildman–Crippen LogP) is 2.76. The van der Waals surface area contributed by atoms with Gasteiger partial charge in [-0.2, -0.15) is 10.2 Å². The van der Waals surface area contributed by atoms with Crippen molar-refractivity contribution >= 4 is 40.7 Å². The number of amides is 2. The summed E-state index contributed by atoms with van der Waals surface area (Å²) in [6.45, 7) is 0. The number of anilines is 1. The van der Waals surface area contributed by atoms with Crippen molar-refractivity contribution in [3.8, 4) is 0 Å². The Kier molecular flexibility index (Phi) is 2.83. The van der Waals surface area contributed by atoms with Gasteiger partial charge in [0.2, 0.25) is 5.91 Å². The highest BCUT2D eigenvalue weighted by molar-refractivity contribution is 6.31. The molecule has 2 atom stereocenters. The number of carbonyl (C=O) groups excluding carboxylic acids is 2. The zero-order valence-electron chi connectivity index (χ0n) is 9.72. The first-order valence-corrected chi connectivity index (χ1v) is 6.52. The molecule has 2 aliphatic heterocycles. The summed E-state index contributed by atoms with van der Waals surface area (Å²) in [6.07, 6.45) is 0.265. The van der Waals surface area contributed by atoms with E-state index in [-0.39, 0.29) is 24.7 Å². The number of hydrogen-bond donors (Lipinski definition) is 0. The van der Waals surface area contributed by atoms with Gasteiger partial charge in [0.05, 0.1) is 12.1 Å². The van der Waals surface area contributed by atoms with Gasteiger partial charge in [0.1, 0.15) is 5.50 Å². The molecule has 0 saturated carbocycles. The number of alkyl halides is 1. The van der Waals surface area contributed by atoms with Crippen LogP contribution in [-0.4, -0.2) is 22.9 Å². The third-order valence-electron chi connectivity index (χ3n) is 3.24. The van der Waals surface area contributed by atoms with Crippen LogP contribution in [0, 0.1) is 0 Å². The molecule has 1 aromatic carbocycles. The molecule has 98 valence electrons. The maximum absolute atomic E-state index is 12.4. The average Bonchev–Trinajstić information content (AvgIpc) is 2.82. The Bertz CT molecular complexity index is 604. The summed E-state index contributed by atoms with van der Waals surface area (Å²) in [5, 5.41) is 8.15. The fourth-order valence-corrected chi connectivity index (χ4v) is 2.86. The molecular weight excluding hydrogens is 289 g/mol. The van der Waals surface area contributed by atoms with Gasteiger partial charge >= 0.3 is 0 Å². The van der Waals surface area contributed by atoms with Gasteiger partial charge in [-0.25, -0.2) is 4.90 Å². The lowest BCUT2D eigenvalue weighted by Crippen LogP contribution is -2.38. The summed E-state index contributed by atoms with van der Waals surface area (Å²) >= 11 is 11.7. The van der Waals surface area contributed by atoms with E-state index in [9.17, 15) is 9.59 Å². The number of rotatable bonds is 1. The van der Waals surface area contributed by atoms with E-state index >= 15 is 0 Å². The van der Waals surface area contributed by atoms with Crippen molar-refractivity contribution in [2.45, 2.75) is 23.9 Å². The number of azo groups is 1. The Hall–Kier alpha value is -1.46. The standard InChI is InChI=1S/C12H9Cl2N3O2/c13-7-2-1-3-8(4-7)17-10(18)6-12(11(17)19)5-9(14)15-16-12/h1-4,9H,5-6H2/t9-,12-/m1/s1. The number of halogens is 2. The van der Waals surface area contributed by atoms with E-state index < -0.39 is 11.0 Å². The van der Waals surface area contributed by atoms with Gasteiger partial charge in [0, 0.05) is 11.4 Å². The highest BCUT2D eigenvalue weighted by atomic mass is 35.5. The van der Waals surface area contributed by atoms with Crippen molar-refractivity contribution in [2.75, 3.05) is 4.90 Å². The van der Waals surface area contributed by atoms with Crippen LogP contribution in [0.2, 0.25) is 5.02 Å². The quantitative estimate of drug-likeness (QED) is 0.454. The third-order valence-corrected chi connectivity index (χ3v) is 3.72. The predicted molar refractivity (Wildman–Crippen MR) is 70.4 cm³/mol. The highest BCUT2D eigenvalue weighted by Gasteiger charge is 2.56. The highest BCUT2D eigenvalue weighted by Crippen LogP contribution is 2.41. The topological polar surface area (TPSA) is 62.1 Å². The molecule has 0 radical (unpaired) electrons. The SMILES string of the molecule is O=C1C[C@]2(C[C@H](Cl)N=N2)C(=O)N1c1cccc(Cl)c1. The number of imide groups is 1. The normalized spacial score (nSPS) is 29.8. The van der Waals surface area contributed by atoms with E-state index in [0.717, 1.165) is 4.90 Å². The largest absolute Gasteiger partial charge is 0.274 e. The monoisotopic (exact) mass is 297 g/mol. The number of benzene rings is 1. The van der Waals surface area contributed by atoms with Crippen LogP contribution >= 0.6 is 23.2 Å². The fraction of sp³-hybridized carbons (Fsp3) is 0.333. The van der Waals surface area contributed by atoms with Crippen molar-refractivity contribution < 1.29 is 9.59 Å². The Morgan fingerprint density at radius 2 is 2.16 bits per heavy atom. The molecule has 2 amide bonds. The first-order chi connectivity index (χ1) is 9.02. The van der Waals surface area contributed by atoms with Crippen molar-refractivity contribution in [3.63, 3.8) is 0 Å². The van der Waals surface area contributed by atoms with E-state index in [1.807, 2.05) is 0 Å². The minimum Gasteiger partial charge on any atom is -0.274 e. The van der Waals surface area contributed by atoms with E-state index in [4.69, 9.17) is 23.2 Å². The molecule has 5 nitrogen and oxygen atoms in total. The van der Waals surface area contributed by atoms with Gasteiger partial charge in [-0.1, -0.05) is 29.3 Å². The molecule has 2 heterocycles. The number of carbonyl (C=O) groups is 2. The summed E-state index contributed by atoms with van der Waals surface area (Å²) < 4.78 is 0. The molecule has 3 rings (SSSR count). The van der Waals surface area contributed by atoms with Gasteiger partial charge < -0.3 is 0 Å². The molecule has 1 aromatic rings. The molecule has 0 aromatic heterocycles. The molecule has 1 fully saturated rings. The molecule has 0 unspecified atom stereocenters. The minimum absolute atomic E-state index is 0.00503. The Labute approximate surface area is 119 Å². The van der Waals surface area contributed by atoms with Gasteiger partial charge in [-0.15, -0.1) is 0 Å². The van der Waals surface area contributed by atoms with E-state index in [1.54, 1.807) is 24.3 Å². The van der Waals surface area contributed by atoms with Crippen LogP contribution in [0.1, 0.15) is 12.8 Å². The summed E-state index contributed by atoms with van der Waals surface area (Å²) in [6, 6.07) is 6.59. The van der Waals surface area contributed by atoms with Crippen molar-refractivity contribution in [1.29, 1.82) is 0 Å². The Balaban J connectivity index is 1.99. The smallest absolute Gasteiger partial charge is 0.264 e. The summed E-state index contributed by atoms with van der Waals surface area (Å²) in [5.74, 6) is -0.691. The maximum atomic E-state index is 12.4. The van der Waals surface area contributed by atoms with Crippen LogP contribution in [0.4, 0.5) is 5.69 Å². The van der Waals surface area contributed by atoms with Crippen molar-refractivity contribution in [1.82, 2.24) is 0 Å². The number of hydrogen-bond acceptors (Lipinski definition) is 4. The third kappa shape index (κ3) is 1.93. The molecular formula is C12H9Cl2N3O2. The van der Waals surface area contributed by atoms with Crippen molar-refractivity contribution in [2.24, 2.45) is 10.2 Å². The molecule has 0 bridgehead atoms. The zero-order valence-corrected chi connectivity index (χ0v) is 11.2. The Morgan fingerprint density at radius 1 is 1.37 bits per heavy atom. The van der Waals surface area contributed by atoms with Gasteiger partial charge in [-0.3, -0.25) is 9.59 Å². The van der Waals surface area contributed by atoms with E-state index in [0.29, 0.717) is 10.7 Å². The maximum Gasteiger partial charge on any atom is 0.264 e. The molecule has 2 aliphatic rings. The average molecular weight is 298 g/mol. The lowest BCUT2D eigenvalue weighted by atomic mass is 9.95. The molecule has 19 heavy (non-hydrogen) atoms. The summed E-state index contributed by atoms with van der Waals surface area (Å²) in [7, 11) is 0. The Morgan fingerprint density at radius 3 is 2.79 bits per heavy atom. The second-order valence-corrected chi connectivity index (χ2v) is 5.52. The van der Waals surface area contributed by atoms with E-state index in [1.165, 1.54) is 0 Å². The molecule has 0 aliphatic carbocycles. The molecule has 1 spiro atoms. The summed E-state index contributed by atoms with van der Waals surface area (Å²) in [4.78, 5) is 25.6.